The molecule has 0 spiro atoms. The van der Waals surface area contributed by atoms with Gasteiger partial charge in [0, 0.05) is 30.6 Å². The molecule has 3 aromatic rings. The van der Waals surface area contributed by atoms with E-state index in [2.05, 4.69) is 15.4 Å². The summed E-state index contributed by atoms with van der Waals surface area (Å²) in [7, 11) is 1.63. The molecule has 106 valence electrons. The van der Waals surface area contributed by atoms with Crippen molar-refractivity contribution in [2.45, 2.75) is 13.3 Å². The first-order chi connectivity index (χ1) is 10.2. The number of nitrogens with zero attached hydrogens (tertiary/aromatic N) is 3. The molecule has 0 aliphatic rings. The molecule has 0 unspecified atom stereocenters. The van der Waals surface area contributed by atoms with Crippen LogP contribution < -0.4 is 5.32 Å². The SMILES string of the molecule is CNC(=O)Cc1c(-c2ccc(C)cc2)nn2cccnc12. The van der Waals surface area contributed by atoms with E-state index >= 15 is 0 Å². The van der Waals surface area contributed by atoms with Gasteiger partial charge in [0.15, 0.2) is 5.65 Å². The maximum atomic E-state index is 11.8. The maximum absolute atomic E-state index is 11.8. The van der Waals surface area contributed by atoms with Crippen LogP contribution in [0.25, 0.3) is 16.9 Å². The second-order valence-corrected chi connectivity index (χ2v) is 4.93. The van der Waals surface area contributed by atoms with Crippen molar-refractivity contribution in [3.8, 4) is 11.3 Å². The first-order valence-corrected chi connectivity index (χ1v) is 6.79. The number of benzene rings is 1. The van der Waals surface area contributed by atoms with Crippen molar-refractivity contribution in [2.75, 3.05) is 7.05 Å². The predicted molar refractivity (Wildman–Crippen MR) is 80.9 cm³/mol. The zero-order chi connectivity index (χ0) is 14.8. The molecular formula is C16H16N4O. The van der Waals surface area contributed by atoms with Gasteiger partial charge in [0.2, 0.25) is 5.91 Å². The molecular weight excluding hydrogens is 264 g/mol. The molecule has 1 N–H and O–H groups in total. The quantitative estimate of drug-likeness (QED) is 0.798. The van der Waals surface area contributed by atoms with Crippen LogP contribution in [0.5, 0.6) is 0 Å². The van der Waals surface area contributed by atoms with Gasteiger partial charge in [0.1, 0.15) is 0 Å². The molecule has 5 heteroatoms. The van der Waals surface area contributed by atoms with Crippen LogP contribution >= 0.6 is 0 Å². The van der Waals surface area contributed by atoms with Crippen LogP contribution in [0.1, 0.15) is 11.1 Å². The molecule has 3 rings (SSSR count). The highest BCUT2D eigenvalue weighted by atomic mass is 16.1. The fraction of sp³-hybridized carbons (Fsp3) is 0.188. The predicted octanol–water partition coefficient (Wildman–Crippen LogP) is 1.99. The van der Waals surface area contributed by atoms with E-state index in [0.29, 0.717) is 0 Å². The summed E-state index contributed by atoms with van der Waals surface area (Å²) in [6, 6.07) is 9.93. The van der Waals surface area contributed by atoms with Crippen LogP contribution in [0.2, 0.25) is 0 Å². The Morgan fingerprint density at radius 1 is 1.29 bits per heavy atom. The van der Waals surface area contributed by atoms with Gasteiger partial charge in [-0.1, -0.05) is 29.8 Å². The normalized spacial score (nSPS) is 10.8. The van der Waals surface area contributed by atoms with Crippen molar-refractivity contribution >= 4 is 11.6 Å². The molecule has 21 heavy (non-hydrogen) atoms. The first kappa shape index (κ1) is 13.3. The molecule has 2 aromatic heterocycles. The molecule has 1 aromatic carbocycles. The average Bonchev–Trinajstić information content (AvgIpc) is 2.87. The third-order valence-corrected chi connectivity index (χ3v) is 3.43. The molecule has 2 heterocycles. The lowest BCUT2D eigenvalue weighted by Crippen LogP contribution is -2.20. The summed E-state index contributed by atoms with van der Waals surface area (Å²) in [5, 5.41) is 7.23. The molecule has 0 saturated heterocycles. The molecule has 0 saturated carbocycles. The Hall–Kier alpha value is -2.69. The van der Waals surface area contributed by atoms with E-state index in [1.807, 2.05) is 43.5 Å². The van der Waals surface area contributed by atoms with E-state index in [9.17, 15) is 4.79 Å². The van der Waals surface area contributed by atoms with Gasteiger partial charge in [-0.2, -0.15) is 5.10 Å². The molecule has 0 atom stereocenters. The van der Waals surface area contributed by atoms with Crippen LogP contribution in [-0.4, -0.2) is 27.6 Å². The minimum Gasteiger partial charge on any atom is -0.359 e. The van der Waals surface area contributed by atoms with Crippen molar-refractivity contribution in [2.24, 2.45) is 0 Å². The van der Waals surface area contributed by atoms with Gasteiger partial charge in [0.25, 0.3) is 0 Å². The number of carbonyl (C=O) groups excluding carboxylic acids is 1. The smallest absolute Gasteiger partial charge is 0.224 e. The third-order valence-electron chi connectivity index (χ3n) is 3.43. The van der Waals surface area contributed by atoms with Crippen molar-refractivity contribution in [1.29, 1.82) is 0 Å². The second kappa shape index (κ2) is 5.36. The number of aryl methyl sites for hydroxylation is 1. The number of nitrogens with one attached hydrogen (secondary N) is 1. The number of fused-ring (bicyclic) bond motifs is 1. The Bertz CT molecular complexity index is 790. The van der Waals surface area contributed by atoms with E-state index in [1.54, 1.807) is 17.8 Å². The zero-order valence-corrected chi connectivity index (χ0v) is 12.0. The van der Waals surface area contributed by atoms with Crippen LogP contribution in [0, 0.1) is 6.92 Å². The summed E-state index contributed by atoms with van der Waals surface area (Å²) in [4.78, 5) is 16.1. The minimum absolute atomic E-state index is 0.0519. The number of aromatic nitrogens is 3. The van der Waals surface area contributed by atoms with Gasteiger partial charge in [-0.05, 0) is 13.0 Å². The van der Waals surface area contributed by atoms with Gasteiger partial charge in [-0.3, -0.25) is 4.79 Å². The fourth-order valence-corrected chi connectivity index (χ4v) is 2.29. The van der Waals surface area contributed by atoms with Crippen molar-refractivity contribution < 1.29 is 4.79 Å². The van der Waals surface area contributed by atoms with E-state index in [4.69, 9.17) is 0 Å². The third kappa shape index (κ3) is 2.50. The molecule has 0 fully saturated rings. The average molecular weight is 280 g/mol. The Morgan fingerprint density at radius 3 is 2.76 bits per heavy atom. The van der Waals surface area contributed by atoms with E-state index < -0.39 is 0 Å². The van der Waals surface area contributed by atoms with E-state index in [-0.39, 0.29) is 12.3 Å². The lowest BCUT2D eigenvalue weighted by atomic mass is 10.0. The highest BCUT2D eigenvalue weighted by Gasteiger charge is 2.17. The molecule has 5 nitrogen and oxygen atoms in total. The fourth-order valence-electron chi connectivity index (χ4n) is 2.29. The van der Waals surface area contributed by atoms with Crippen LogP contribution in [-0.2, 0) is 11.2 Å². The van der Waals surface area contributed by atoms with Crippen molar-refractivity contribution in [1.82, 2.24) is 19.9 Å². The van der Waals surface area contributed by atoms with Crippen LogP contribution in [0.15, 0.2) is 42.7 Å². The number of likely N-dealkylation sites (N-methyl/N-ethyl adjacent to an activating group) is 1. The number of hydrogen-bond acceptors (Lipinski definition) is 3. The van der Waals surface area contributed by atoms with Gasteiger partial charge in [0.05, 0.1) is 12.1 Å². The van der Waals surface area contributed by atoms with Gasteiger partial charge < -0.3 is 5.32 Å². The molecule has 0 bridgehead atoms. The Kier molecular flexibility index (Phi) is 3.39. The number of carbonyl (C=O) groups is 1. The minimum atomic E-state index is -0.0519. The largest absolute Gasteiger partial charge is 0.359 e. The van der Waals surface area contributed by atoms with Crippen molar-refractivity contribution in [3.63, 3.8) is 0 Å². The van der Waals surface area contributed by atoms with E-state index in [1.165, 1.54) is 5.56 Å². The number of hydrogen-bond donors (Lipinski definition) is 1. The van der Waals surface area contributed by atoms with Crippen LogP contribution in [0.4, 0.5) is 0 Å². The van der Waals surface area contributed by atoms with Crippen molar-refractivity contribution in [3.05, 3.63) is 53.9 Å². The summed E-state index contributed by atoms with van der Waals surface area (Å²) < 4.78 is 1.72. The first-order valence-electron chi connectivity index (χ1n) is 6.79. The second-order valence-electron chi connectivity index (χ2n) is 4.93. The maximum Gasteiger partial charge on any atom is 0.224 e. The number of rotatable bonds is 3. The Balaban J connectivity index is 2.18. The summed E-state index contributed by atoms with van der Waals surface area (Å²) >= 11 is 0. The summed E-state index contributed by atoms with van der Waals surface area (Å²) in [6.45, 7) is 2.04. The summed E-state index contributed by atoms with van der Waals surface area (Å²) in [6.07, 6.45) is 3.82. The molecule has 0 aliphatic heterocycles. The summed E-state index contributed by atoms with van der Waals surface area (Å²) in [5.41, 5.74) is 4.55. The highest BCUT2D eigenvalue weighted by molar-refractivity contribution is 5.84. The number of amides is 1. The van der Waals surface area contributed by atoms with Gasteiger partial charge >= 0.3 is 0 Å². The lowest BCUT2D eigenvalue weighted by molar-refractivity contribution is -0.119. The Labute approximate surface area is 122 Å². The summed E-state index contributed by atoms with van der Waals surface area (Å²) in [5.74, 6) is -0.0519. The monoisotopic (exact) mass is 280 g/mol. The molecule has 1 amide bonds. The standard InChI is InChI=1S/C16H16N4O/c1-11-4-6-12(7-5-11)15-13(10-14(21)17-2)16-18-8-3-9-20(16)19-15/h3-9H,10H2,1-2H3,(H,17,21). The Morgan fingerprint density at radius 2 is 2.05 bits per heavy atom. The molecule has 0 radical (unpaired) electrons. The zero-order valence-electron chi connectivity index (χ0n) is 12.0. The van der Waals surface area contributed by atoms with E-state index in [0.717, 1.165) is 22.5 Å². The van der Waals surface area contributed by atoms with Crippen LogP contribution in [0.3, 0.4) is 0 Å². The lowest BCUT2D eigenvalue weighted by Gasteiger charge is -2.03. The van der Waals surface area contributed by atoms with Gasteiger partial charge in [-0.15, -0.1) is 0 Å². The topological polar surface area (TPSA) is 59.3 Å². The van der Waals surface area contributed by atoms with Gasteiger partial charge in [-0.25, -0.2) is 9.50 Å². The molecule has 0 aliphatic carbocycles. The highest BCUT2D eigenvalue weighted by Crippen LogP contribution is 2.26.